The lowest BCUT2D eigenvalue weighted by Gasteiger charge is -2.35. The molecule has 3 aromatic heterocycles. The van der Waals surface area contributed by atoms with E-state index in [1.807, 2.05) is 24.8 Å². The van der Waals surface area contributed by atoms with Crippen molar-refractivity contribution in [2.24, 2.45) is 0 Å². The number of anilines is 1. The summed E-state index contributed by atoms with van der Waals surface area (Å²) < 4.78 is 0. The molecular formula is C19H22N6. The van der Waals surface area contributed by atoms with Crippen LogP contribution in [0.25, 0.3) is 22.2 Å². The van der Waals surface area contributed by atoms with Gasteiger partial charge in [0.05, 0.1) is 5.39 Å². The van der Waals surface area contributed by atoms with Crippen LogP contribution in [0.4, 0.5) is 5.69 Å². The monoisotopic (exact) mass is 334 g/mol. The summed E-state index contributed by atoms with van der Waals surface area (Å²) in [5.74, 6) is 0. The Morgan fingerprint density at radius 1 is 1.12 bits per heavy atom. The molecule has 2 aliphatic rings. The Balaban J connectivity index is 1.57. The van der Waals surface area contributed by atoms with Gasteiger partial charge in [-0.15, -0.1) is 0 Å². The number of H-pyrrole nitrogens is 1. The summed E-state index contributed by atoms with van der Waals surface area (Å²) in [6, 6.07) is 2.14. The van der Waals surface area contributed by atoms with Crippen LogP contribution in [0.2, 0.25) is 0 Å². The fourth-order valence-electron chi connectivity index (χ4n) is 4.43. The molecule has 1 atom stereocenters. The fraction of sp³-hybridized carbons (Fsp3) is 0.421. The molecule has 0 amide bonds. The Kier molecular flexibility index (Phi) is 3.45. The zero-order chi connectivity index (χ0) is 16.7. The summed E-state index contributed by atoms with van der Waals surface area (Å²) in [6.45, 7) is 3.31. The molecule has 5 rings (SSSR count). The molecule has 1 spiro atoms. The Hall–Kier alpha value is -2.47. The molecule has 0 aliphatic carbocycles. The van der Waals surface area contributed by atoms with Gasteiger partial charge in [0.2, 0.25) is 0 Å². The highest BCUT2D eigenvalue weighted by Gasteiger charge is 2.39. The number of fused-ring (bicyclic) bond motifs is 1. The van der Waals surface area contributed by atoms with Gasteiger partial charge in [-0.2, -0.15) is 0 Å². The zero-order valence-electron chi connectivity index (χ0n) is 14.2. The van der Waals surface area contributed by atoms with Crippen molar-refractivity contribution in [1.29, 1.82) is 0 Å². The molecular weight excluding hydrogens is 312 g/mol. The lowest BCUT2D eigenvalue weighted by Crippen LogP contribution is -2.50. The topological polar surface area (TPSA) is 69.7 Å². The normalized spacial score (nSPS) is 23.6. The highest BCUT2D eigenvalue weighted by Crippen LogP contribution is 2.38. The summed E-state index contributed by atoms with van der Waals surface area (Å²) in [6.07, 6.45) is 14.3. The van der Waals surface area contributed by atoms with Gasteiger partial charge < -0.3 is 15.2 Å². The number of nitrogens with one attached hydrogen (secondary N) is 2. The average Bonchev–Trinajstić information content (AvgIpc) is 3.28. The maximum atomic E-state index is 4.52. The number of aromatic amines is 1. The molecule has 2 aliphatic heterocycles. The first-order valence-electron chi connectivity index (χ1n) is 9.06. The van der Waals surface area contributed by atoms with Crippen LogP contribution in [-0.4, -0.2) is 45.1 Å². The van der Waals surface area contributed by atoms with Crippen molar-refractivity contribution in [3.8, 4) is 11.1 Å². The number of pyridine rings is 1. The van der Waals surface area contributed by atoms with Crippen LogP contribution in [0.1, 0.15) is 25.7 Å². The van der Waals surface area contributed by atoms with Gasteiger partial charge in [0.25, 0.3) is 0 Å². The van der Waals surface area contributed by atoms with Gasteiger partial charge in [0.1, 0.15) is 12.0 Å². The van der Waals surface area contributed by atoms with Crippen LogP contribution in [-0.2, 0) is 0 Å². The molecule has 128 valence electrons. The SMILES string of the molecule is c1ncc(-c2c[nH]c3nccc(N4CC[C@]5(CCCCN5)C4)c23)cn1. The molecule has 0 unspecified atom stereocenters. The second-order valence-electron chi connectivity index (χ2n) is 7.22. The molecule has 3 aromatic rings. The van der Waals surface area contributed by atoms with E-state index in [0.29, 0.717) is 5.54 Å². The number of piperidine rings is 1. The van der Waals surface area contributed by atoms with Crippen LogP contribution in [0, 0.1) is 0 Å². The Morgan fingerprint density at radius 3 is 2.88 bits per heavy atom. The standard InChI is InChI=1S/C19H22N6/c1-2-6-24-19(4-1)5-8-25(12-19)16-3-7-22-18-17(16)15(11-23-18)14-9-20-13-21-10-14/h3,7,9-11,13,24H,1-2,4-6,8,12H2,(H,22,23)/t19-/m1/s1. The van der Waals surface area contributed by atoms with Gasteiger partial charge in [-0.3, -0.25) is 0 Å². The first-order chi connectivity index (χ1) is 12.3. The third kappa shape index (κ3) is 2.48. The van der Waals surface area contributed by atoms with Crippen molar-refractivity contribution in [3.05, 3.63) is 37.2 Å². The quantitative estimate of drug-likeness (QED) is 0.754. The number of rotatable bonds is 2. The second kappa shape index (κ2) is 5.81. The second-order valence-corrected chi connectivity index (χ2v) is 7.22. The lowest BCUT2D eigenvalue weighted by atomic mass is 9.88. The highest BCUT2D eigenvalue weighted by atomic mass is 15.2. The van der Waals surface area contributed by atoms with Crippen LogP contribution >= 0.6 is 0 Å². The molecule has 0 radical (unpaired) electrons. The first kappa shape index (κ1) is 14.8. The van der Waals surface area contributed by atoms with E-state index >= 15 is 0 Å². The third-order valence-corrected chi connectivity index (χ3v) is 5.70. The number of hydrogen-bond donors (Lipinski definition) is 2. The third-order valence-electron chi connectivity index (χ3n) is 5.70. The molecule has 2 fully saturated rings. The van der Waals surface area contributed by atoms with Gasteiger partial charge >= 0.3 is 0 Å². The lowest BCUT2D eigenvalue weighted by molar-refractivity contribution is 0.280. The van der Waals surface area contributed by atoms with Gasteiger partial charge in [-0.25, -0.2) is 15.0 Å². The van der Waals surface area contributed by atoms with Crippen molar-refractivity contribution in [2.45, 2.75) is 31.2 Å². The number of hydrogen-bond acceptors (Lipinski definition) is 5. The molecule has 5 heterocycles. The minimum atomic E-state index is 0.292. The average molecular weight is 334 g/mol. The van der Waals surface area contributed by atoms with Crippen LogP contribution in [0.5, 0.6) is 0 Å². The van der Waals surface area contributed by atoms with E-state index in [9.17, 15) is 0 Å². The van der Waals surface area contributed by atoms with Gasteiger partial charge in [-0.1, -0.05) is 6.42 Å². The predicted octanol–water partition coefficient (Wildman–Crippen LogP) is 2.74. The summed E-state index contributed by atoms with van der Waals surface area (Å²) in [4.78, 5) is 18.7. The Labute approximate surface area is 146 Å². The molecule has 25 heavy (non-hydrogen) atoms. The maximum Gasteiger partial charge on any atom is 0.139 e. The summed E-state index contributed by atoms with van der Waals surface area (Å²) in [5, 5.41) is 4.97. The van der Waals surface area contributed by atoms with E-state index in [1.54, 1.807) is 6.33 Å². The Bertz CT molecular complexity index is 881. The minimum absolute atomic E-state index is 0.292. The van der Waals surface area contributed by atoms with Crippen LogP contribution in [0.3, 0.4) is 0 Å². The smallest absolute Gasteiger partial charge is 0.139 e. The summed E-state index contributed by atoms with van der Waals surface area (Å²) in [7, 11) is 0. The molecule has 2 N–H and O–H groups in total. The molecule has 6 nitrogen and oxygen atoms in total. The summed E-state index contributed by atoms with van der Waals surface area (Å²) >= 11 is 0. The number of nitrogens with zero attached hydrogens (tertiary/aromatic N) is 4. The number of aromatic nitrogens is 4. The van der Waals surface area contributed by atoms with E-state index in [4.69, 9.17) is 0 Å². The zero-order valence-corrected chi connectivity index (χ0v) is 14.2. The van der Waals surface area contributed by atoms with E-state index in [-0.39, 0.29) is 0 Å². The van der Waals surface area contributed by atoms with E-state index in [0.717, 1.165) is 36.4 Å². The van der Waals surface area contributed by atoms with Crippen molar-refractivity contribution in [1.82, 2.24) is 25.3 Å². The van der Waals surface area contributed by atoms with E-state index in [1.165, 1.54) is 36.8 Å². The van der Waals surface area contributed by atoms with Crippen molar-refractivity contribution < 1.29 is 0 Å². The van der Waals surface area contributed by atoms with Gasteiger partial charge in [0, 0.05) is 60.2 Å². The van der Waals surface area contributed by atoms with E-state index < -0.39 is 0 Å². The van der Waals surface area contributed by atoms with E-state index in [2.05, 4.69) is 36.2 Å². The largest absolute Gasteiger partial charge is 0.369 e. The molecule has 0 bridgehead atoms. The van der Waals surface area contributed by atoms with Crippen LogP contribution < -0.4 is 10.2 Å². The fourth-order valence-corrected chi connectivity index (χ4v) is 4.43. The van der Waals surface area contributed by atoms with Crippen molar-refractivity contribution in [2.75, 3.05) is 24.5 Å². The van der Waals surface area contributed by atoms with Gasteiger partial charge in [0.15, 0.2) is 0 Å². The molecule has 2 saturated heterocycles. The summed E-state index contributed by atoms with van der Waals surface area (Å²) in [5.41, 5.74) is 4.62. The predicted molar refractivity (Wildman–Crippen MR) is 98.5 cm³/mol. The maximum absolute atomic E-state index is 4.52. The molecule has 0 aromatic carbocycles. The first-order valence-corrected chi connectivity index (χ1v) is 9.06. The molecule has 0 saturated carbocycles. The Morgan fingerprint density at radius 2 is 2.04 bits per heavy atom. The highest BCUT2D eigenvalue weighted by molar-refractivity contribution is 6.02. The molecule has 6 heteroatoms. The van der Waals surface area contributed by atoms with Crippen molar-refractivity contribution in [3.63, 3.8) is 0 Å². The van der Waals surface area contributed by atoms with Gasteiger partial charge in [-0.05, 0) is 31.9 Å². The van der Waals surface area contributed by atoms with Crippen molar-refractivity contribution >= 4 is 16.7 Å². The van der Waals surface area contributed by atoms with Crippen LogP contribution in [0.15, 0.2) is 37.2 Å². The minimum Gasteiger partial charge on any atom is -0.369 e.